The van der Waals surface area contributed by atoms with Crippen LogP contribution < -0.4 is 10.0 Å². The van der Waals surface area contributed by atoms with Gasteiger partial charge in [0.1, 0.15) is 0 Å². The number of carbonyl (C=O) groups is 1. The zero-order valence-corrected chi connectivity index (χ0v) is 15.3. The van der Waals surface area contributed by atoms with Crippen LogP contribution in [-0.2, 0) is 11.3 Å². The second-order valence-corrected chi connectivity index (χ2v) is 7.04. The quantitative estimate of drug-likeness (QED) is 0.382. The van der Waals surface area contributed by atoms with Crippen molar-refractivity contribution in [2.45, 2.75) is 29.6 Å². The minimum atomic E-state index is -2.31. The molecular formula is C17H20N2O4S2. The number of anilines is 2. The second-order valence-electron chi connectivity index (χ2n) is 5.25. The van der Waals surface area contributed by atoms with Crippen molar-refractivity contribution in [3.63, 3.8) is 0 Å². The fourth-order valence-electron chi connectivity index (χ4n) is 2.17. The van der Waals surface area contributed by atoms with E-state index in [9.17, 15) is 18.7 Å². The van der Waals surface area contributed by atoms with Crippen molar-refractivity contribution >= 4 is 40.4 Å². The van der Waals surface area contributed by atoms with Crippen LogP contribution in [0.1, 0.15) is 30.1 Å². The van der Waals surface area contributed by atoms with E-state index in [1.807, 2.05) is 30.3 Å². The number of benzene rings is 2. The summed E-state index contributed by atoms with van der Waals surface area (Å²) in [5.41, 5.74) is 0.966. The van der Waals surface area contributed by atoms with Crippen LogP contribution in [0.2, 0.25) is 0 Å². The smallest absolute Gasteiger partial charge is 0.335 e. The molecule has 0 aliphatic carbocycles. The molecule has 1 atom stereocenters. The third-order valence-corrected chi connectivity index (χ3v) is 4.89. The van der Waals surface area contributed by atoms with Crippen LogP contribution in [0.15, 0.2) is 52.3 Å². The Labute approximate surface area is 153 Å². The molecular weight excluding hydrogens is 360 g/mol. The van der Waals surface area contributed by atoms with E-state index in [0.717, 1.165) is 17.7 Å². The first kappa shape index (κ1) is 19.3. The maximum atomic E-state index is 11.4. The molecule has 6 nitrogen and oxygen atoms in total. The summed E-state index contributed by atoms with van der Waals surface area (Å²) in [6.45, 7) is 2.75. The Hall–Kier alpha value is -2.03. The fourth-order valence-corrected chi connectivity index (χ4v) is 3.57. The molecule has 0 aromatic heterocycles. The average Bonchev–Trinajstić information content (AvgIpc) is 2.57. The summed E-state index contributed by atoms with van der Waals surface area (Å²) in [4.78, 5) is 13.0. The van der Waals surface area contributed by atoms with Crippen molar-refractivity contribution in [2.75, 3.05) is 16.6 Å². The highest BCUT2D eigenvalue weighted by Gasteiger charge is 2.17. The van der Waals surface area contributed by atoms with Gasteiger partial charge in [-0.2, -0.15) is 0 Å². The minimum Gasteiger partial charge on any atom is -0.478 e. The zero-order valence-electron chi connectivity index (χ0n) is 13.7. The van der Waals surface area contributed by atoms with Gasteiger partial charge in [-0.3, -0.25) is 9.27 Å². The van der Waals surface area contributed by atoms with Gasteiger partial charge in [0.15, 0.2) is 0 Å². The van der Waals surface area contributed by atoms with Gasteiger partial charge in [0.25, 0.3) is 11.3 Å². The summed E-state index contributed by atoms with van der Waals surface area (Å²) in [7, 11) is 0. The lowest BCUT2D eigenvalue weighted by Gasteiger charge is -2.17. The fraction of sp³-hybridized carbons (Fsp3) is 0.235. The number of nitrogens with one attached hydrogen (secondary N) is 2. The Morgan fingerprint density at radius 3 is 2.48 bits per heavy atom. The molecule has 0 aliphatic heterocycles. The molecule has 0 fully saturated rings. The van der Waals surface area contributed by atoms with Gasteiger partial charge >= 0.3 is 5.97 Å². The number of hydrogen-bond donors (Lipinski definition) is 4. The van der Waals surface area contributed by atoms with Crippen LogP contribution in [0.5, 0.6) is 0 Å². The molecule has 134 valence electrons. The predicted octanol–water partition coefficient (Wildman–Crippen LogP) is 4.30. The van der Waals surface area contributed by atoms with Crippen molar-refractivity contribution in [1.29, 1.82) is 0 Å². The first-order valence-electron chi connectivity index (χ1n) is 7.77. The largest absolute Gasteiger partial charge is 0.478 e. The first-order chi connectivity index (χ1) is 12.0. The van der Waals surface area contributed by atoms with E-state index in [1.165, 1.54) is 17.8 Å². The molecule has 0 radical (unpaired) electrons. The summed E-state index contributed by atoms with van der Waals surface area (Å²) >= 11 is -0.908. The van der Waals surface area contributed by atoms with Gasteiger partial charge in [0.05, 0.1) is 21.8 Å². The Morgan fingerprint density at radius 2 is 1.88 bits per heavy atom. The summed E-state index contributed by atoms with van der Waals surface area (Å²) < 4.78 is 22.9. The van der Waals surface area contributed by atoms with E-state index < -0.39 is 17.2 Å². The Kier molecular flexibility index (Phi) is 7.30. The highest BCUT2D eigenvalue weighted by Crippen LogP contribution is 2.40. The predicted molar refractivity (Wildman–Crippen MR) is 102 cm³/mol. The molecule has 0 heterocycles. The molecule has 0 amide bonds. The van der Waals surface area contributed by atoms with Gasteiger partial charge < -0.3 is 10.4 Å². The molecule has 8 heteroatoms. The summed E-state index contributed by atoms with van der Waals surface area (Å²) in [5, 5.41) is 12.6. The van der Waals surface area contributed by atoms with E-state index in [-0.39, 0.29) is 5.56 Å². The van der Waals surface area contributed by atoms with E-state index >= 15 is 0 Å². The zero-order chi connectivity index (χ0) is 18.2. The van der Waals surface area contributed by atoms with Crippen molar-refractivity contribution in [1.82, 2.24) is 0 Å². The lowest BCUT2D eigenvalue weighted by atomic mass is 10.1. The third kappa shape index (κ3) is 5.77. The van der Waals surface area contributed by atoms with Crippen LogP contribution in [0, 0.1) is 0 Å². The summed E-state index contributed by atoms with van der Waals surface area (Å²) in [5.74, 6) is -1.10. The van der Waals surface area contributed by atoms with Crippen LogP contribution in [0.3, 0.4) is 0 Å². The van der Waals surface area contributed by atoms with Gasteiger partial charge in [-0.25, -0.2) is 9.00 Å². The highest BCUT2D eigenvalue weighted by atomic mass is 32.2. The number of carboxylic acids is 1. The van der Waals surface area contributed by atoms with Gasteiger partial charge in [-0.15, -0.1) is 0 Å². The van der Waals surface area contributed by atoms with E-state index in [4.69, 9.17) is 0 Å². The maximum absolute atomic E-state index is 11.4. The maximum Gasteiger partial charge on any atom is 0.335 e. The molecule has 4 N–H and O–H groups in total. The van der Waals surface area contributed by atoms with Gasteiger partial charge in [0, 0.05) is 11.4 Å². The van der Waals surface area contributed by atoms with Crippen molar-refractivity contribution < 1.29 is 18.7 Å². The standard InChI is InChI=1S/C17H20N2O4S2/c1-2-3-9-18-14-10-12(17(20)21)11-15(19-25(22)23)16(14)24-13-7-5-4-6-8-13/h4-8,10-11,18-19H,2-3,9H2,1H3,(H,20,21)(H,22,23). The average molecular weight is 380 g/mol. The number of carboxylic acid groups (broad SMARTS) is 1. The molecule has 0 spiro atoms. The van der Waals surface area contributed by atoms with Crippen LogP contribution >= 0.6 is 11.8 Å². The van der Waals surface area contributed by atoms with E-state index in [0.29, 0.717) is 22.8 Å². The van der Waals surface area contributed by atoms with Gasteiger partial charge in [-0.05, 0) is 30.7 Å². The summed E-state index contributed by atoms with van der Waals surface area (Å²) in [6, 6.07) is 12.5. The first-order valence-corrected chi connectivity index (χ1v) is 9.69. The van der Waals surface area contributed by atoms with Crippen molar-refractivity contribution in [3.05, 3.63) is 48.0 Å². The molecule has 0 bridgehead atoms. The molecule has 0 saturated carbocycles. The molecule has 1 unspecified atom stereocenters. The Morgan fingerprint density at radius 1 is 1.20 bits per heavy atom. The SMILES string of the molecule is CCCCNc1cc(C(=O)O)cc(NS(=O)O)c1Sc1ccccc1. The van der Waals surface area contributed by atoms with Crippen LogP contribution in [0.4, 0.5) is 11.4 Å². The van der Waals surface area contributed by atoms with Crippen molar-refractivity contribution in [2.24, 2.45) is 0 Å². The van der Waals surface area contributed by atoms with Gasteiger partial charge in [0.2, 0.25) is 0 Å². The number of unbranched alkanes of at least 4 members (excludes halogenated alkanes) is 1. The van der Waals surface area contributed by atoms with Crippen LogP contribution in [0.25, 0.3) is 0 Å². The molecule has 0 saturated heterocycles. The number of hydrogen-bond acceptors (Lipinski definition) is 4. The van der Waals surface area contributed by atoms with Crippen LogP contribution in [-0.4, -0.2) is 26.4 Å². The normalized spacial score (nSPS) is 11.8. The molecule has 25 heavy (non-hydrogen) atoms. The monoisotopic (exact) mass is 380 g/mol. The molecule has 0 aliphatic rings. The number of aromatic carboxylic acids is 1. The lowest BCUT2D eigenvalue weighted by Crippen LogP contribution is -2.09. The topological polar surface area (TPSA) is 98.7 Å². The van der Waals surface area contributed by atoms with Gasteiger partial charge in [-0.1, -0.05) is 43.3 Å². The third-order valence-electron chi connectivity index (χ3n) is 3.34. The molecule has 2 aromatic rings. The Bertz CT molecular complexity index is 754. The molecule has 2 aromatic carbocycles. The molecule has 2 rings (SSSR count). The summed E-state index contributed by atoms with van der Waals surface area (Å²) in [6.07, 6.45) is 1.93. The van der Waals surface area contributed by atoms with Crippen molar-refractivity contribution in [3.8, 4) is 0 Å². The number of rotatable bonds is 9. The highest BCUT2D eigenvalue weighted by molar-refractivity contribution is 7.99. The minimum absolute atomic E-state index is 0.0457. The lowest BCUT2D eigenvalue weighted by molar-refractivity contribution is 0.0697. The second kappa shape index (κ2) is 9.45. The van der Waals surface area contributed by atoms with E-state index in [2.05, 4.69) is 17.0 Å². The Balaban J connectivity index is 2.48. The van der Waals surface area contributed by atoms with E-state index in [1.54, 1.807) is 6.07 Å².